The molecular weight excluding hydrogens is 266 g/mol. The fourth-order valence-electron chi connectivity index (χ4n) is 2.54. The van der Waals surface area contributed by atoms with Gasteiger partial charge in [-0.05, 0) is 64.5 Å². The Morgan fingerprint density at radius 2 is 1.80 bits per heavy atom. The summed E-state index contributed by atoms with van der Waals surface area (Å²) in [6, 6.07) is 4.45. The van der Waals surface area contributed by atoms with Gasteiger partial charge >= 0.3 is 0 Å². The Labute approximate surface area is 127 Å². The zero-order chi connectivity index (χ0) is 14.6. The maximum atomic E-state index is 6.07. The number of hydrogen-bond acceptors (Lipinski definition) is 3. The van der Waals surface area contributed by atoms with Crippen LogP contribution in [0.25, 0.3) is 0 Å². The van der Waals surface area contributed by atoms with Crippen LogP contribution in [0, 0.1) is 5.92 Å². The molecule has 0 atom stereocenters. The predicted molar refractivity (Wildman–Crippen MR) is 87.1 cm³/mol. The molecule has 2 nitrogen and oxygen atoms in total. The number of hydrogen-bond donors (Lipinski definition) is 1. The summed E-state index contributed by atoms with van der Waals surface area (Å²) in [5.41, 5.74) is 0.180. The van der Waals surface area contributed by atoms with Crippen LogP contribution in [-0.4, -0.2) is 11.6 Å². The molecule has 0 unspecified atom stereocenters. The van der Waals surface area contributed by atoms with E-state index in [4.69, 9.17) is 4.74 Å². The summed E-state index contributed by atoms with van der Waals surface area (Å²) in [7, 11) is 0. The summed E-state index contributed by atoms with van der Waals surface area (Å²) < 4.78 is 6.07. The van der Waals surface area contributed by atoms with Crippen LogP contribution in [0.15, 0.2) is 12.1 Å². The van der Waals surface area contributed by atoms with Gasteiger partial charge in [0.15, 0.2) is 0 Å². The predicted octanol–water partition coefficient (Wildman–Crippen LogP) is 4.73. The normalized spacial score (nSPS) is 24.0. The van der Waals surface area contributed by atoms with Gasteiger partial charge in [-0.3, -0.25) is 0 Å². The van der Waals surface area contributed by atoms with Gasteiger partial charge in [0, 0.05) is 21.8 Å². The minimum Gasteiger partial charge on any atom is -0.373 e. The third kappa shape index (κ3) is 5.55. The van der Waals surface area contributed by atoms with E-state index in [-0.39, 0.29) is 5.54 Å². The van der Waals surface area contributed by atoms with Crippen LogP contribution in [0.4, 0.5) is 0 Å². The molecule has 1 fully saturated rings. The molecule has 0 amide bonds. The molecule has 1 N–H and O–H groups in total. The third-order valence-electron chi connectivity index (χ3n) is 3.93. The lowest BCUT2D eigenvalue weighted by atomic mass is 9.89. The molecule has 0 aliphatic heterocycles. The molecule has 1 aliphatic rings. The topological polar surface area (TPSA) is 21.3 Å². The van der Waals surface area contributed by atoms with E-state index < -0.39 is 0 Å². The van der Waals surface area contributed by atoms with E-state index in [0.29, 0.717) is 6.10 Å². The lowest BCUT2D eigenvalue weighted by Gasteiger charge is -2.26. The Kier molecular flexibility index (Phi) is 5.65. The molecule has 0 saturated heterocycles. The van der Waals surface area contributed by atoms with Crippen molar-refractivity contribution in [1.82, 2.24) is 5.32 Å². The van der Waals surface area contributed by atoms with Gasteiger partial charge in [0.25, 0.3) is 0 Å². The van der Waals surface area contributed by atoms with E-state index in [9.17, 15) is 0 Å². The highest BCUT2D eigenvalue weighted by atomic mass is 32.1. The van der Waals surface area contributed by atoms with E-state index in [2.05, 4.69) is 45.1 Å². The number of ether oxygens (including phenoxy) is 1. The summed E-state index contributed by atoms with van der Waals surface area (Å²) in [6.07, 6.45) is 5.63. The second kappa shape index (κ2) is 7.06. The highest BCUT2D eigenvalue weighted by Gasteiger charge is 2.18. The molecule has 1 saturated carbocycles. The first-order chi connectivity index (χ1) is 9.42. The molecule has 0 bridgehead atoms. The Morgan fingerprint density at radius 3 is 2.45 bits per heavy atom. The van der Waals surface area contributed by atoms with Gasteiger partial charge in [0.2, 0.25) is 0 Å². The maximum Gasteiger partial charge on any atom is 0.0813 e. The van der Waals surface area contributed by atoms with Crippen molar-refractivity contribution >= 4 is 11.3 Å². The molecular formula is C17H29NOS. The summed E-state index contributed by atoms with van der Waals surface area (Å²) in [5, 5.41) is 3.53. The Bertz CT molecular complexity index is 399. The molecule has 0 aromatic carbocycles. The average molecular weight is 295 g/mol. The lowest BCUT2D eigenvalue weighted by Crippen LogP contribution is -2.34. The molecule has 114 valence electrons. The summed E-state index contributed by atoms with van der Waals surface area (Å²) >= 11 is 1.88. The third-order valence-corrected chi connectivity index (χ3v) is 4.99. The van der Waals surface area contributed by atoms with Gasteiger partial charge in [0.05, 0.1) is 12.7 Å². The van der Waals surface area contributed by atoms with E-state index in [0.717, 1.165) is 19.1 Å². The van der Waals surface area contributed by atoms with Crippen molar-refractivity contribution in [3.05, 3.63) is 21.9 Å². The van der Waals surface area contributed by atoms with Crippen LogP contribution in [0.1, 0.15) is 63.1 Å². The van der Waals surface area contributed by atoms with Crippen molar-refractivity contribution in [2.24, 2.45) is 5.92 Å². The zero-order valence-electron chi connectivity index (χ0n) is 13.4. The summed E-state index contributed by atoms with van der Waals surface area (Å²) in [5.74, 6) is 0.895. The van der Waals surface area contributed by atoms with Crippen LogP contribution in [0.2, 0.25) is 0 Å². The minimum atomic E-state index is 0.180. The molecule has 2 rings (SSSR count). The first-order valence-corrected chi connectivity index (χ1v) is 8.68. The lowest BCUT2D eigenvalue weighted by molar-refractivity contribution is 0.0100. The molecule has 0 radical (unpaired) electrons. The van der Waals surface area contributed by atoms with Crippen molar-refractivity contribution < 1.29 is 4.74 Å². The molecule has 1 aromatic rings. The van der Waals surface area contributed by atoms with Crippen molar-refractivity contribution in [1.29, 1.82) is 0 Å². The Morgan fingerprint density at radius 1 is 1.15 bits per heavy atom. The standard InChI is InChI=1S/C17H29NOS/c1-13-5-7-14(8-6-13)19-12-16-10-9-15(20-16)11-18-17(2,3)4/h9-10,13-14,18H,5-8,11-12H2,1-4H3. The van der Waals surface area contributed by atoms with Gasteiger partial charge in [-0.15, -0.1) is 11.3 Å². The quantitative estimate of drug-likeness (QED) is 0.848. The number of thiophene rings is 1. The van der Waals surface area contributed by atoms with Gasteiger partial charge in [-0.2, -0.15) is 0 Å². The largest absolute Gasteiger partial charge is 0.373 e. The fourth-order valence-corrected chi connectivity index (χ4v) is 3.42. The van der Waals surface area contributed by atoms with Crippen molar-refractivity contribution in [2.45, 2.75) is 78.2 Å². The van der Waals surface area contributed by atoms with E-state index in [1.807, 2.05) is 11.3 Å². The Balaban J connectivity index is 1.72. The maximum absolute atomic E-state index is 6.07. The van der Waals surface area contributed by atoms with Crippen LogP contribution >= 0.6 is 11.3 Å². The van der Waals surface area contributed by atoms with Gasteiger partial charge in [-0.25, -0.2) is 0 Å². The molecule has 1 heterocycles. The summed E-state index contributed by atoms with van der Waals surface area (Å²) in [4.78, 5) is 2.75. The SMILES string of the molecule is CC1CCC(OCc2ccc(CNC(C)(C)C)s2)CC1. The number of rotatable bonds is 5. The second-order valence-electron chi connectivity index (χ2n) is 7.16. The average Bonchev–Trinajstić information content (AvgIpc) is 2.83. The number of nitrogens with one attached hydrogen (secondary N) is 1. The molecule has 3 heteroatoms. The first-order valence-electron chi connectivity index (χ1n) is 7.86. The first kappa shape index (κ1) is 16.0. The van der Waals surface area contributed by atoms with Crippen molar-refractivity contribution in [3.63, 3.8) is 0 Å². The molecule has 1 aliphatic carbocycles. The highest BCUT2D eigenvalue weighted by Crippen LogP contribution is 2.27. The van der Waals surface area contributed by atoms with Crippen molar-refractivity contribution in [2.75, 3.05) is 0 Å². The minimum absolute atomic E-state index is 0.180. The smallest absolute Gasteiger partial charge is 0.0813 e. The highest BCUT2D eigenvalue weighted by molar-refractivity contribution is 7.11. The van der Waals surface area contributed by atoms with Crippen LogP contribution in [-0.2, 0) is 17.9 Å². The monoisotopic (exact) mass is 295 g/mol. The van der Waals surface area contributed by atoms with Gasteiger partial charge in [-0.1, -0.05) is 6.92 Å². The molecule has 20 heavy (non-hydrogen) atoms. The van der Waals surface area contributed by atoms with Crippen LogP contribution < -0.4 is 5.32 Å². The van der Waals surface area contributed by atoms with Gasteiger partial charge in [0.1, 0.15) is 0 Å². The van der Waals surface area contributed by atoms with E-state index >= 15 is 0 Å². The van der Waals surface area contributed by atoms with Crippen molar-refractivity contribution in [3.8, 4) is 0 Å². The van der Waals surface area contributed by atoms with Crippen LogP contribution in [0.5, 0.6) is 0 Å². The van der Waals surface area contributed by atoms with Crippen LogP contribution in [0.3, 0.4) is 0 Å². The van der Waals surface area contributed by atoms with E-state index in [1.54, 1.807) is 0 Å². The fraction of sp³-hybridized carbons (Fsp3) is 0.765. The van der Waals surface area contributed by atoms with E-state index in [1.165, 1.54) is 35.4 Å². The summed E-state index contributed by atoms with van der Waals surface area (Å²) in [6.45, 7) is 10.7. The molecule has 1 aromatic heterocycles. The van der Waals surface area contributed by atoms with Gasteiger partial charge < -0.3 is 10.1 Å². The Hall–Kier alpha value is -0.380. The second-order valence-corrected chi connectivity index (χ2v) is 8.42. The molecule has 0 spiro atoms. The zero-order valence-corrected chi connectivity index (χ0v) is 14.2.